The molecule has 1 aliphatic heterocycles. The first-order valence-electron chi connectivity index (χ1n) is 9.01. The van der Waals surface area contributed by atoms with Gasteiger partial charge in [-0.05, 0) is 52.7 Å². The molecular formula is C19H25FN6O. The van der Waals surface area contributed by atoms with E-state index >= 15 is 0 Å². The number of hydrogen-bond acceptors (Lipinski definition) is 6. The van der Waals surface area contributed by atoms with Crippen LogP contribution in [0.1, 0.15) is 32.7 Å². The Bertz CT molecular complexity index is 826. The highest BCUT2D eigenvalue weighted by atomic mass is 19.1. The van der Waals surface area contributed by atoms with Crippen LogP contribution in [0, 0.1) is 0 Å². The molecule has 0 saturated carbocycles. The van der Waals surface area contributed by atoms with Gasteiger partial charge in [0.15, 0.2) is 5.67 Å². The zero-order valence-electron chi connectivity index (χ0n) is 15.8. The number of nitrogens with one attached hydrogen (secondary N) is 1. The highest BCUT2D eigenvalue weighted by molar-refractivity contribution is 5.76. The predicted molar refractivity (Wildman–Crippen MR) is 106 cm³/mol. The molecule has 1 unspecified atom stereocenters. The van der Waals surface area contributed by atoms with E-state index in [9.17, 15) is 4.39 Å². The number of ether oxygens (including phenoxy) is 1. The zero-order valence-corrected chi connectivity index (χ0v) is 15.8. The number of aliphatic imine (C=N–C) groups is 2. The van der Waals surface area contributed by atoms with Crippen molar-refractivity contribution >= 4 is 24.8 Å². The predicted octanol–water partition coefficient (Wildman–Crippen LogP) is 3.66. The average Bonchev–Trinajstić information content (AvgIpc) is 3.16. The molecule has 144 valence electrons. The molecule has 1 N–H and O–H groups in total. The molecule has 27 heavy (non-hydrogen) atoms. The second-order valence-corrected chi connectivity index (χ2v) is 7.02. The number of aromatic nitrogens is 3. The van der Waals surface area contributed by atoms with Crippen LogP contribution in [0.5, 0.6) is 5.88 Å². The van der Waals surface area contributed by atoms with Gasteiger partial charge in [-0.3, -0.25) is 14.7 Å². The lowest BCUT2D eigenvalue weighted by molar-refractivity contribution is 0.0577. The maximum atomic E-state index is 14.9. The van der Waals surface area contributed by atoms with Gasteiger partial charge in [0, 0.05) is 24.3 Å². The summed E-state index contributed by atoms with van der Waals surface area (Å²) in [7, 11) is 0. The van der Waals surface area contributed by atoms with Gasteiger partial charge in [0.25, 0.3) is 0 Å². The third-order valence-corrected chi connectivity index (χ3v) is 4.58. The highest BCUT2D eigenvalue weighted by Gasteiger charge is 2.33. The topological polar surface area (TPSA) is 76.7 Å². The van der Waals surface area contributed by atoms with Crippen LogP contribution in [0.3, 0.4) is 0 Å². The summed E-state index contributed by atoms with van der Waals surface area (Å²) >= 11 is 0. The summed E-state index contributed by atoms with van der Waals surface area (Å²) < 4.78 is 22.5. The monoisotopic (exact) mass is 372 g/mol. The Morgan fingerprint density at radius 2 is 2.22 bits per heavy atom. The largest absolute Gasteiger partial charge is 0.473 e. The second-order valence-electron chi connectivity index (χ2n) is 7.02. The van der Waals surface area contributed by atoms with E-state index in [0.717, 1.165) is 18.5 Å². The Hall–Kier alpha value is -2.61. The molecule has 0 amide bonds. The van der Waals surface area contributed by atoms with Crippen molar-refractivity contribution in [3.63, 3.8) is 0 Å². The number of halogens is 1. The number of nitrogens with zero attached hydrogens (tertiary/aromatic N) is 5. The summed E-state index contributed by atoms with van der Waals surface area (Å²) in [6.45, 7) is 12.2. The SMILES string of the molecule is C=Nc1cc(-c2cnn(C(C)C)c2)nc(OCC2(F)CCCNC2)c1N=C. The van der Waals surface area contributed by atoms with Crippen LogP contribution in [0.4, 0.5) is 15.8 Å². The smallest absolute Gasteiger partial charge is 0.242 e. The van der Waals surface area contributed by atoms with Crippen LogP contribution in [0.25, 0.3) is 11.3 Å². The number of piperidine rings is 1. The van der Waals surface area contributed by atoms with E-state index in [-0.39, 0.29) is 25.1 Å². The van der Waals surface area contributed by atoms with Crippen molar-refractivity contribution in [3.8, 4) is 17.1 Å². The lowest BCUT2D eigenvalue weighted by Crippen LogP contribution is -2.46. The van der Waals surface area contributed by atoms with E-state index in [1.54, 1.807) is 12.3 Å². The molecule has 1 fully saturated rings. The first-order valence-corrected chi connectivity index (χ1v) is 9.01. The summed E-state index contributed by atoms with van der Waals surface area (Å²) in [5.74, 6) is 0.199. The molecule has 1 atom stereocenters. The Morgan fingerprint density at radius 3 is 2.81 bits per heavy atom. The minimum atomic E-state index is -1.43. The van der Waals surface area contributed by atoms with Crippen molar-refractivity contribution in [1.82, 2.24) is 20.1 Å². The normalized spacial score (nSPS) is 19.9. The molecule has 0 radical (unpaired) electrons. The molecular weight excluding hydrogens is 347 g/mol. The third-order valence-electron chi connectivity index (χ3n) is 4.58. The van der Waals surface area contributed by atoms with Crippen LogP contribution < -0.4 is 10.1 Å². The number of hydrogen-bond donors (Lipinski definition) is 1. The standard InChI is InChI=1S/C19H25FN6O/c1-13(2)26-10-14(9-24-26)15-8-16(21-3)17(22-4)18(25-15)27-12-19(20)6-5-7-23-11-19/h8-10,13,23H,3-7,11-12H2,1-2H3. The van der Waals surface area contributed by atoms with Crippen LogP contribution in [0.15, 0.2) is 28.4 Å². The van der Waals surface area contributed by atoms with Gasteiger partial charge < -0.3 is 10.1 Å². The summed E-state index contributed by atoms with van der Waals surface area (Å²) in [6, 6.07) is 1.98. The fraction of sp³-hybridized carbons (Fsp3) is 0.474. The molecule has 1 saturated heterocycles. The fourth-order valence-corrected chi connectivity index (χ4v) is 3.02. The maximum absolute atomic E-state index is 14.9. The Morgan fingerprint density at radius 1 is 1.41 bits per heavy atom. The lowest BCUT2D eigenvalue weighted by Gasteiger charge is -2.29. The number of alkyl halides is 1. The van der Waals surface area contributed by atoms with Crippen molar-refractivity contribution in [2.45, 2.75) is 38.4 Å². The van der Waals surface area contributed by atoms with Gasteiger partial charge >= 0.3 is 0 Å². The van der Waals surface area contributed by atoms with Crippen LogP contribution in [-0.4, -0.2) is 53.6 Å². The molecule has 0 aliphatic carbocycles. The van der Waals surface area contributed by atoms with Crippen LogP contribution in [-0.2, 0) is 0 Å². The minimum absolute atomic E-state index is 0.110. The summed E-state index contributed by atoms with van der Waals surface area (Å²) in [6.07, 6.45) is 4.84. The average molecular weight is 372 g/mol. The molecule has 2 aromatic rings. The van der Waals surface area contributed by atoms with Gasteiger partial charge in [-0.2, -0.15) is 5.10 Å². The molecule has 3 heterocycles. The van der Waals surface area contributed by atoms with Gasteiger partial charge in [0.1, 0.15) is 12.3 Å². The molecule has 1 aliphatic rings. The summed E-state index contributed by atoms with van der Waals surface area (Å²) in [5, 5.41) is 7.40. The Kier molecular flexibility index (Phi) is 5.65. The minimum Gasteiger partial charge on any atom is -0.473 e. The molecule has 2 aromatic heterocycles. The first kappa shape index (κ1) is 19.2. The van der Waals surface area contributed by atoms with Gasteiger partial charge in [0.05, 0.1) is 17.6 Å². The van der Waals surface area contributed by atoms with Crippen LogP contribution >= 0.6 is 0 Å². The third kappa shape index (κ3) is 4.21. The molecule has 3 rings (SSSR count). The molecule has 7 nitrogen and oxygen atoms in total. The molecule has 0 aromatic carbocycles. The molecule has 8 heteroatoms. The van der Waals surface area contributed by atoms with Gasteiger partial charge in [-0.25, -0.2) is 9.37 Å². The van der Waals surface area contributed by atoms with E-state index in [2.05, 4.69) is 38.8 Å². The van der Waals surface area contributed by atoms with Crippen molar-refractivity contribution in [2.75, 3.05) is 19.7 Å². The maximum Gasteiger partial charge on any atom is 0.242 e. The van der Waals surface area contributed by atoms with Gasteiger partial charge in [-0.1, -0.05) is 0 Å². The summed E-state index contributed by atoms with van der Waals surface area (Å²) in [4.78, 5) is 12.5. The van der Waals surface area contributed by atoms with Crippen molar-refractivity contribution in [2.24, 2.45) is 9.98 Å². The van der Waals surface area contributed by atoms with Crippen molar-refractivity contribution in [3.05, 3.63) is 18.5 Å². The van der Waals surface area contributed by atoms with E-state index in [0.29, 0.717) is 23.5 Å². The van der Waals surface area contributed by atoms with Crippen molar-refractivity contribution in [1.29, 1.82) is 0 Å². The zero-order chi connectivity index (χ0) is 19.4. The van der Waals surface area contributed by atoms with E-state index in [1.807, 2.05) is 24.7 Å². The van der Waals surface area contributed by atoms with E-state index in [1.165, 1.54) is 0 Å². The Balaban J connectivity index is 1.93. The van der Waals surface area contributed by atoms with E-state index in [4.69, 9.17) is 4.74 Å². The van der Waals surface area contributed by atoms with Crippen LogP contribution in [0.2, 0.25) is 0 Å². The van der Waals surface area contributed by atoms with E-state index < -0.39 is 5.67 Å². The summed E-state index contributed by atoms with van der Waals surface area (Å²) in [5.41, 5.74) is 0.831. The quantitative estimate of drug-likeness (QED) is 0.753. The van der Waals surface area contributed by atoms with Gasteiger partial charge in [-0.15, -0.1) is 0 Å². The first-order chi connectivity index (χ1) is 13.0. The molecule has 0 spiro atoms. The van der Waals surface area contributed by atoms with Gasteiger partial charge in [0.2, 0.25) is 5.88 Å². The number of pyridine rings is 1. The van der Waals surface area contributed by atoms with Crippen molar-refractivity contribution < 1.29 is 9.13 Å². The highest BCUT2D eigenvalue weighted by Crippen LogP contribution is 2.39. The Labute approximate surface area is 158 Å². The lowest BCUT2D eigenvalue weighted by atomic mass is 9.97. The molecule has 0 bridgehead atoms. The number of rotatable bonds is 7. The fourth-order valence-electron chi connectivity index (χ4n) is 3.02. The second kappa shape index (κ2) is 7.96.